The first-order valence-electron chi connectivity index (χ1n) is 51.3. The van der Waals surface area contributed by atoms with Gasteiger partial charge in [0.1, 0.15) is 46.0 Å². The summed E-state index contributed by atoms with van der Waals surface area (Å²) in [6.07, 6.45) is 12.6. The average Bonchev–Trinajstić information content (AvgIpc) is 0.784. The Labute approximate surface area is 852 Å². The van der Waals surface area contributed by atoms with E-state index < -0.39 is 79.4 Å². The molecule has 144 heavy (non-hydrogen) atoms. The number of nitrogens with one attached hydrogen (secondary N) is 4. The molecule has 4 unspecified atom stereocenters. The highest BCUT2D eigenvalue weighted by Gasteiger charge is 2.38. The van der Waals surface area contributed by atoms with Gasteiger partial charge in [0, 0.05) is 42.4 Å². The first-order chi connectivity index (χ1) is 69.7. The molecule has 1 aliphatic heterocycles. The molecule has 24 heteroatoms. The Morgan fingerprint density at radius 1 is 0.243 bits per heavy atom. The topological polar surface area (TPSA) is 259 Å². The Kier molecular flexibility index (Phi) is 40.2. The number of benzene rings is 12. The molecule has 0 saturated carbocycles. The van der Waals surface area contributed by atoms with Gasteiger partial charge in [-0.2, -0.15) is 0 Å². The SMILES string of the molecule is CCCCCC(C)c1cc(C)c2c(CNC(=O)CP(=O)(c3ccccc3)c3ccccc3)c1OCOc1c(C)cc(C(C)CCCCC)c(c1CNC(=O)CP(=O)(c1ccccc1)c1ccccc1)OCOc1c(C)cc(C(C)CCCCC)c(c1CNC(=O)CP(=O)(c1ccccc1)c1ccccc1)OCOc1c(C)cc(C(C)CCCCC)c(c1CNC(=O)CP(=O)(c1ccccc1)c1ccccc1)OCO2. The van der Waals surface area contributed by atoms with Crippen LogP contribution in [-0.2, 0) is 63.6 Å². The number of unbranched alkanes of at least 4 members (excludes halogenated alkanes) is 8. The zero-order chi connectivity index (χ0) is 102. The number of carbonyl (C=O) groups is 4. The molecule has 0 fully saturated rings. The fourth-order valence-corrected chi connectivity index (χ4v) is 29.5. The molecule has 760 valence electrons. The van der Waals surface area contributed by atoms with Crippen LogP contribution in [0.15, 0.2) is 267 Å². The van der Waals surface area contributed by atoms with Crippen molar-refractivity contribution in [2.45, 2.75) is 236 Å². The number of ether oxygens (including phenoxy) is 8. The third kappa shape index (κ3) is 27.5. The molecule has 0 radical (unpaired) electrons. The van der Waals surface area contributed by atoms with E-state index in [-0.39, 0.29) is 74.5 Å². The highest BCUT2D eigenvalue weighted by Crippen LogP contribution is 2.52. The molecule has 1 heterocycles. The molecule has 12 aromatic carbocycles. The van der Waals surface area contributed by atoms with E-state index in [0.717, 1.165) is 125 Å². The first-order valence-corrected chi connectivity index (χ1v) is 58.9. The number of hydrogen-bond donors (Lipinski definition) is 4. The van der Waals surface area contributed by atoms with Crippen molar-refractivity contribution in [2.75, 3.05) is 51.8 Å². The minimum atomic E-state index is -3.67. The molecule has 0 saturated heterocycles. The number of rotatable bonds is 44. The van der Waals surface area contributed by atoms with E-state index in [4.69, 9.17) is 37.9 Å². The minimum absolute atomic E-state index is 0.171. The fourth-order valence-electron chi connectivity index (χ4n) is 19.6. The van der Waals surface area contributed by atoms with Crippen molar-refractivity contribution in [3.63, 3.8) is 0 Å². The number of carbonyl (C=O) groups excluding carboxylic acids is 4. The zero-order valence-corrected chi connectivity index (χ0v) is 89.4. The summed E-state index contributed by atoms with van der Waals surface area (Å²) in [5.74, 6) is -0.176. The van der Waals surface area contributed by atoms with Crippen molar-refractivity contribution in [3.8, 4) is 46.0 Å². The Morgan fingerprint density at radius 3 is 0.549 bits per heavy atom. The second-order valence-corrected chi connectivity index (χ2v) is 49.6. The van der Waals surface area contributed by atoms with Gasteiger partial charge in [-0.25, -0.2) is 0 Å². The third-order valence-corrected chi connectivity index (χ3v) is 39.6. The van der Waals surface area contributed by atoms with Crippen LogP contribution in [0.25, 0.3) is 0 Å². The predicted molar refractivity (Wildman–Crippen MR) is 585 cm³/mol. The van der Waals surface area contributed by atoms with E-state index in [2.05, 4.69) is 101 Å². The zero-order valence-electron chi connectivity index (χ0n) is 85.8. The average molecular weight is 2020 g/mol. The fraction of sp³-hybridized carbons (Fsp3) is 0.367. The normalized spacial score (nSPS) is 13.4. The Bertz CT molecular complexity index is 5510. The van der Waals surface area contributed by atoms with Gasteiger partial charge in [-0.3, -0.25) is 19.2 Å². The summed E-state index contributed by atoms with van der Waals surface area (Å²) in [6.45, 7) is 22.3. The molecule has 4 atom stereocenters. The van der Waals surface area contributed by atoms with Crippen LogP contribution in [-0.4, -0.2) is 75.4 Å². The molecule has 13 rings (SSSR count). The molecule has 1 aliphatic rings. The number of fused-ring (bicyclic) bond motifs is 8. The molecular formula is C120H144N4O16P4. The highest BCUT2D eigenvalue weighted by molar-refractivity contribution is 7.80. The minimum Gasteiger partial charge on any atom is -0.457 e. The second-order valence-electron chi connectivity index (χ2n) is 38.3. The predicted octanol–water partition coefficient (Wildman–Crippen LogP) is 24.2. The van der Waals surface area contributed by atoms with Crippen molar-refractivity contribution in [1.82, 2.24) is 21.3 Å². The third-order valence-electron chi connectivity index (χ3n) is 27.6. The van der Waals surface area contributed by atoms with Crippen LogP contribution < -0.4 is 102 Å². The lowest BCUT2D eigenvalue weighted by Crippen LogP contribution is -2.32. The maximum atomic E-state index is 16.0. The van der Waals surface area contributed by atoms with Gasteiger partial charge in [0.15, 0.2) is 28.6 Å². The largest absolute Gasteiger partial charge is 0.457 e. The molecule has 12 aromatic rings. The van der Waals surface area contributed by atoms with Crippen LogP contribution in [0, 0.1) is 27.7 Å². The van der Waals surface area contributed by atoms with Crippen molar-refractivity contribution >= 4 is 94.6 Å². The van der Waals surface area contributed by atoms with Crippen LogP contribution in [0.5, 0.6) is 46.0 Å². The quantitative estimate of drug-likeness (QED) is 0.0204. The molecule has 4 amide bonds. The van der Waals surface area contributed by atoms with E-state index >= 15 is 37.4 Å². The monoisotopic (exact) mass is 2020 g/mol. The lowest BCUT2D eigenvalue weighted by Gasteiger charge is -2.28. The first kappa shape index (κ1) is 109. The summed E-state index contributed by atoms with van der Waals surface area (Å²) in [6, 6.07) is 80.9. The Hall–Kier alpha value is -12.2. The summed E-state index contributed by atoms with van der Waals surface area (Å²) in [5.41, 5.74) is 7.51. The van der Waals surface area contributed by atoms with Crippen molar-refractivity contribution in [3.05, 3.63) is 334 Å². The smallest absolute Gasteiger partial charge is 0.230 e. The Morgan fingerprint density at radius 2 is 0.396 bits per heavy atom. The van der Waals surface area contributed by atoms with Gasteiger partial charge in [0.05, 0.1) is 73.1 Å². The molecular weight excluding hydrogens is 1880 g/mol. The molecule has 20 nitrogen and oxygen atoms in total. The van der Waals surface area contributed by atoms with Gasteiger partial charge in [-0.15, -0.1) is 0 Å². The van der Waals surface area contributed by atoms with Crippen LogP contribution >= 0.6 is 28.6 Å². The molecule has 0 aromatic heterocycles. The summed E-state index contributed by atoms with van der Waals surface area (Å²) in [7, 11) is -14.7. The van der Waals surface area contributed by atoms with Crippen molar-refractivity contribution in [2.24, 2.45) is 0 Å². The van der Waals surface area contributed by atoms with Gasteiger partial charge in [0.2, 0.25) is 50.8 Å². The lowest BCUT2D eigenvalue weighted by atomic mass is 9.90. The van der Waals surface area contributed by atoms with Crippen LogP contribution in [0.2, 0.25) is 0 Å². The van der Waals surface area contributed by atoms with Crippen LogP contribution in [0.1, 0.15) is 249 Å². The van der Waals surface area contributed by atoms with Gasteiger partial charge in [-0.1, -0.05) is 375 Å². The van der Waals surface area contributed by atoms with Crippen molar-refractivity contribution < 1.29 is 75.3 Å². The summed E-state index contributed by atoms with van der Waals surface area (Å²) < 4.78 is 123. The number of hydrogen-bond acceptors (Lipinski definition) is 16. The summed E-state index contributed by atoms with van der Waals surface area (Å²) in [4.78, 5) is 61.8. The van der Waals surface area contributed by atoms with Gasteiger partial charge in [-0.05, 0) is 146 Å². The van der Waals surface area contributed by atoms with Gasteiger partial charge >= 0.3 is 0 Å². The number of amides is 4. The maximum Gasteiger partial charge on any atom is 0.230 e. The lowest BCUT2D eigenvalue weighted by molar-refractivity contribution is -0.119. The standard InChI is InChI=1S/C120H144N4O16P4/c1-13-17-29-49-85(5)101-69-89(9)113-105(73-121-109(125)77-141(129,93-53-33-21-34-54-93)94-55-35-22-36-56-94)117(101)137-81-133-114-90(10)70-102(86(6)50-30-18-14-2)118(106(114)74-122-110(126)78-142(130,95-57-37-23-38-58-95)96-59-39-24-40-60-96)139-83-135-116-92(12)72-104(88(8)52-32-20-16-4)120(108(116)76-124-112(128)80-144(132,99-65-45-27-46-66-99)100-67-47-28-48-68-100)140-84-136-115-91(11)71-103(87(7)51-31-19-15-3)119(138-82-134-113)107(115)75-123-111(127)79-143(131,97-61-41-25-42-62-97)98-63-43-26-44-64-98/h21-28,33-48,53-72,85-88H,13-20,29-32,49-52,73-84H2,1-12H3,(H,121,125)(H,122,126)(H,123,127)(H,124,128). The van der Waals surface area contributed by atoms with Crippen molar-refractivity contribution in [1.29, 1.82) is 0 Å². The summed E-state index contributed by atoms with van der Waals surface area (Å²) in [5, 5.41) is 17.1. The van der Waals surface area contributed by atoms with E-state index in [0.29, 0.717) is 133 Å². The number of aryl methyl sites for hydroxylation is 4. The van der Waals surface area contributed by atoms with E-state index in [1.165, 1.54) is 0 Å². The van der Waals surface area contributed by atoms with Crippen LogP contribution in [0.3, 0.4) is 0 Å². The molecule has 0 spiro atoms. The highest BCUT2D eigenvalue weighted by atomic mass is 31.2. The maximum absolute atomic E-state index is 16.0. The van der Waals surface area contributed by atoms with E-state index in [9.17, 15) is 0 Å². The molecule has 8 bridgehead atoms. The molecule has 0 aliphatic carbocycles. The van der Waals surface area contributed by atoms with Gasteiger partial charge < -0.3 is 77.4 Å². The Balaban J connectivity index is 1.02. The van der Waals surface area contributed by atoms with Crippen LogP contribution in [0.4, 0.5) is 0 Å². The van der Waals surface area contributed by atoms with E-state index in [1.54, 1.807) is 97.1 Å². The second kappa shape index (κ2) is 53.1. The molecule has 4 N–H and O–H groups in total. The van der Waals surface area contributed by atoms with Gasteiger partial charge in [0.25, 0.3) is 0 Å². The van der Waals surface area contributed by atoms with E-state index in [1.807, 2.05) is 173 Å². The summed E-state index contributed by atoms with van der Waals surface area (Å²) >= 11 is 0.